The zero-order chi connectivity index (χ0) is 13.1. The number of nitrogens with zero attached hydrogens (tertiary/aromatic N) is 4. The van der Waals surface area contributed by atoms with Crippen LogP contribution in [0.4, 0.5) is 5.95 Å². The monoisotopic (exact) mass is 263 g/mol. The Morgan fingerprint density at radius 3 is 2.56 bits per heavy atom. The van der Waals surface area contributed by atoms with Gasteiger partial charge in [0.05, 0.1) is 0 Å². The molecule has 0 saturated heterocycles. The fraction of sp³-hybridized carbons (Fsp3) is 0.333. The minimum absolute atomic E-state index is 0.256. The average molecular weight is 264 g/mol. The summed E-state index contributed by atoms with van der Waals surface area (Å²) in [6.07, 6.45) is 0. The lowest BCUT2D eigenvalue weighted by molar-refractivity contribution is 0.858. The Hall–Kier alpha value is -1.75. The van der Waals surface area contributed by atoms with Crippen molar-refractivity contribution in [1.29, 1.82) is 0 Å². The van der Waals surface area contributed by atoms with Crippen LogP contribution in [0.15, 0.2) is 18.2 Å². The van der Waals surface area contributed by atoms with Crippen LogP contribution in [0.1, 0.15) is 19.7 Å². The van der Waals surface area contributed by atoms with E-state index in [1.54, 1.807) is 6.07 Å². The van der Waals surface area contributed by atoms with E-state index in [2.05, 4.69) is 25.3 Å². The van der Waals surface area contributed by atoms with E-state index in [0.29, 0.717) is 28.4 Å². The quantitative estimate of drug-likeness (QED) is 0.863. The summed E-state index contributed by atoms with van der Waals surface area (Å²) in [6.45, 7) is 5.87. The van der Waals surface area contributed by atoms with Crippen molar-refractivity contribution in [2.75, 3.05) is 5.32 Å². The van der Waals surface area contributed by atoms with Crippen LogP contribution in [0, 0.1) is 6.92 Å². The maximum atomic E-state index is 5.86. The van der Waals surface area contributed by atoms with E-state index in [-0.39, 0.29) is 6.04 Å². The molecule has 0 amide bonds. The van der Waals surface area contributed by atoms with Crippen molar-refractivity contribution < 1.29 is 0 Å². The maximum absolute atomic E-state index is 5.86. The Labute approximate surface area is 111 Å². The van der Waals surface area contributed by atoms with Crippen molar-refractivity contribution in [2.24, 2.45) is 0 Å². The van der Waals surface area contributed by atoms with Gasteiger partial charge in [-0.15, -0.1) is 0 Å². The van der Waals surface area contributed by atoms with Crippen LogP contribution in [0.2, 0.25) is 5.15 Å². The Kier molecular flexibility index (Phi) is 3.72. The third kappa shape index (κ3) is 3.13. The molecule has 0 fully saturated rings. The molecule has 0 aliphatic heterocycles. The Bertz CT molecular complexity index is 556. The van der Waals surface area contributed by atoms with E-state index in [0.717, 1.165) is 0 Å². The molecule has 0 aromatic carbocycles. The highest BCUT2D eigenvalue weighted by Crippen LogP contribution is 2.16. The zero-order valence-corrected chi connectivity index (χ0v) is 11.2. The summed E-state index contributed by atoms with van der Waals surface area (Å²) in [4.78, 5) is 17.0. The molecular weight excluding hydrogens is 250 g/mol. The summed E-state index contributed by atoms with van der Waals surface area (Å²) in [5.74, 6) is 1.72. The van der Waals surface area contributed by atoms with E-state index in [1.807, 2.05) is 32.9 Å². The molecule has 2 aromatic heterocycles. The second-order valence-electron chi connectivity index (χ2n) is 4.17. The van der Waals surface area contributed by atoms with Crippen LogP contribution in [0.5, 0.6) is 0 Å². The fourth-order valence-electron chi connectivity index (χ4n) is 1.45. The Morgan fingerprint density at radius 2 is 1.89 bits per heavy atom. The number of aromatic nitrogens is 4. The summed E-state index contributed by atoms with van der Waals surface area (Å²) in [6, 6.07) is 5.61. The number of anilines is 1. The number of hydrogen-bond acceptors (Lipinski definition) is 5. The standard InChI is InChI=1S/C12H14ClN5/c1-7(2)14-12-16-8(3)15-11(18-12)9-5-4-6-10(13)17-9/h4-7H,1-3H3,(H,14,15,16,18). The Morgan fingerprint density at radius 1 is 1.11 bits per heavy atom. The highest BCUT2D eigenvalue weighted by molar-refractivity contribution is 6.29. The van der Waals surface area contributed by atoms with Crippen molar-refractivity contribution in [3.8, 4) is 11.5 Å². The van der Waals surface area contributed by atoms with Gasteiger partial charge in [-0.2, -0.15) is 9.97 Å². The molecular formula is C12H14ClN5. The molecule has 0 bridgehead atoms. The van der Waals surface area contributed by atoms with Gasteiger partial charge < -0.3 is 5.32 Å². The van der Waals surface area contributed by atoms with E-state index in [4.69, 9.17) is 11.6 Å². The van der Waals surface area contributed by atoms with Crippen molar-refractivity contribution in [2.45, 2.75) is 26.8 Å². The van der Waals surface area contributed by atoms with Gasteiger partial charge in [-0.25, -0.2) is 9.97 Å². The Balaban J connectivity index is 2.41. The third-order valence-corrected chi connectivity index (χ3v) is 2.32. The van der Waals surface area contributed by atoms with Crippen molar-refractivity contribution in [3.63, 3.8) is 0 Å². The highest BCUT2D eigenvalue weighted by Gasteiger charge is 2.08. The molecule has 0 unspecified atom stereocenters. The van der Waals surface area contributed by atoms with Gasteiger partial charge in [-0.3, -0.25) is 0 Å². The van der Waals surface area contributed by atoms with Gasteiger partial charge >= 0.3 is 0 Å². The first-order chi connectivity index (χ1) is 8.54. The molecule has 0 aliphatic carbocycles. The molecule has 6 heteroatoms. The van der Waals surface area contributed by atoms with Crippen LogP contribution in [-0.4, -0.2) is 26.0 Å². The molecule has 0 radical (unpaired) electrons. The lowest BCUT2D eigenvalue weighted by Crippen LogP contribution is -2.14. The molecule has 5 nitrogen and oxygen atoms in total. The normalized spacial score (nSPS) is 10.7. The van der Waals surface area contributed by atoms with E-state index in [9.17, 15) is 0 Å². The van der Waals surface area contributed by atoms with Crippen LogP contribution in [0.3, 0.4) is 0 Å². The summed E-state index contributed by atoms with van der Waals surface area (Å²) in [5.41, 5.74) is 0.639. The summed E-state index contributed by atoms with van der Waals surface area (Å²) in [7, 11) is 0. The fourth-order valence-corrected chi connectivity index (χ4v) is 1.62. The first kappa shape index (κ1) is 12.7. The zero-order valence-electron chi connectivity index (χ0n) is 10.5. The molecule has 1 N–H and O–H groups in total. The highest BCUT2D eigenvalue weighted by atomic mass is 35.5. The molecule has 94 valence electrons. The summed E-state index contributed by atoms with van der Waals surface area (Å²) >= 11 is 5.86. The second-order valence-corrected chi connectivity index (χ2v) is 4.56. The van der Waals surface area contributed by atoms with Crippen LogP contribution >= 0.6 is 11.6 Å². The van der Waals surface area contributed by atoms with Crippen molar-refractivity contribution in [3.05, 3.63) is 29.2 Å². The minimum atomic E-state index is 0.256. The molecule has 0 spiro atoms. The van der Waals surface area contributed by atoms with Gasteiger partial charge in [0.1, 0.15) is 16.7 Å². The number of pyridine rings is 1. The molecule has 2 heterocycles. The predicted molar refractivity (Wildman–Crippen MR) is 71.6 cm³/mol. The predicted octanol–water partition coefficient (Wildman–Crippen LogP) is 2.72. The SMILES string of the molecule is Cc1nc(NC(C)C)nc(-c2cccc(Cl)n2)n1. The van der Waals surface area contributed by atoms with Crippen molar-refractivity contribution >= 4 is 17.5 Å². The summed E-state index contributed by atoms with van der Waals surface area (Å²) in [5, 5.41) is 3.57. The van der Waals surface area contributed by atoms with Crippen LogP contribution in [-0.2, 0) is 0 Å². The topological polar surface area (TPSA) is 63.6 Å². The van der Waals surface area contributed by atoms with E-state index < -0.39 is 0 Å². The number of halogens is 1. The molecule has 0 atom stereocenters. The van der Waals surface area contributed by atoms with Gasteiger partial charge in [0.2, 0.25) is 5.95 Å². The minimum Gasteiger partial charge on any atom is -0.352 e. The average Bonchev–Trinajstić information content (AvgIpc) is 2.27. The second kappa shape index (κ2) is 5.27. The lowest BCUT2D eigenvalue weighted by atomic mass is 10.3. The van der Waals surface area contributed by atoms with Crippen LogP contribution in [0.25, 0.3) is 11.5 Å². The van der Waals surface area contributed by atoms with Crippen molar-refractivity contribution in [1.82, 2.24) is 19.9 Å². The van der Waals surface area contributed by atoms with Gasteiger partial charge in [-0.05, 0) is 32.9 Å². The largest absolute Gasteiger partial charge is 0.352 e. The smallest absolute Gasteiger partial charge is 0.226 e. The molecule has 0 aliphatic rings. The molecule has 0 saturated carbocycles. The molecule has 2 rings (SSSR count). The molecule has 2 aromatic rings. The van der Waals surface area contributed by atoms with Gasteiger partial charge in [0.15, 0.2) is 5.82 Å². The first-order valence-electron chi connectivity index (χ1n) is 5.67. The first-order valence-corrected chi connectivity index (χ1v) is 6.04. The van der Waals surface area contributed by atoms with Gasteiger partial charge in [0.25, 0.3) is 0 Å². The maximum Gasteiger partial charge on any atom is 0.226 e. The van der Waals surface area contributed by atoms with Gasteiger partial charge in [0, 0.05) is 6.04 Å². The summed E-state index contributed by atoms with van der Waals surface area (Å²) < 4.78 is 0. The number of rotatable bonds is 3. The molecule has 18 heavy (non-hydrogen) atoms. The lowest BCUT2D eigenvalue weighted by Gasteiger charge is -2.09. The van der Waals surface area contributed by atoms with Gasteiger partial charge in [-0.1, -0.05) is 17.7 Å². The number of hydrogen-bond donors (Lipinski definition) is 1. The van der Waals surface area contributed by atoms with Crippen LogP contribution < -0.4 is 5.32 Å². The van der Waals surface area contributed by atoms with E-state index in [1.165, 1.54) is 0 Å². The third-order valence-electron chi connectivity index (χ3n) is 2.11. The number of nitrogens with one attached hydrogen (secondary N) is 1. The van der Waals surface area contributed by atoms with E-state index >= 15 is 0 Å². The number of aryl methyl sites for hydroxylation is 1.